The monoisotopic (exact) mass is 336 g/mol. The Morgan fingerprint density at radius 2 is 1.68 bits per heavy atom. The van der Waals surface area contributed by atoms with Gasteiger partial charge in [0.05, 0.1) is 0 Å². The SMILES string of the molecule is CC(C)c1ccc(CN2CCN[C@H](c3ccccc3C(C)C)C2)cc1. The van der Waals surface area contributed by atoms with E-state index >= 15 is 0 Å². The van der Waals surface area contributed by atoms with E-state index in [0.717, 1.165) is 26.2 Å². The molecule has 0 saturated carbocycles. The molecule has 0 amide bonds. The number of nitrogens with one attached hydrogen (secondary N) is 1. The smallest absolute Gasteiger partial charge is 0.0452 e. The van der Waals surface area contributed by atoms with Crippen LogP contribution in [0.5, 0.6) is 0 Å². The van der Waals surface area contributed by atoms with Gasteiger partial charge in [0.25, 0.3) is 0 Å². The molecule has 2 aromatic carbocycles. The van der Waals surface area contributed by atoms with Gasteiger partial charge >= 0.3 is 0 Å². The number of hydrogen-bond donors (Lipinski definition) is 1. The maximum absolute atomic E-state index is 3.73. The Balaban J connectivity index is 1.69. The molecule has 1 aliphatic heterocycles. The second-order valence-electron chi connectivity index (χ2n) is 7.92. The first-order chi connectivity index (χ1) is 12.0. The summed E-state index contributed by atoms with van der Waals surface area (Å²) in [4.78, 5) is 2.59. The minimum atomic E-state index is 0.433. The zero-order valence-corrected chi connectivity index (χ0v) is 16.1. The van der Waals surface area contributed by atoms with Gasteiger partial charge in [0.2, 0.25) is 0 Å². The fourth-order valence-corrected chi connectivity index (χ4v) is 3.78. The van der Waals surface area contributed by atoms with Crippen LogP contribution in [0.3, 0.4) is 0 Å². The van der Waals surface area contributed by atoms with Crippen LogP contribution in [-0.4, -0.2) is 24.5 Å². The number of nitrogens with zero attached hydrogens (tertiary/aromatic N) is 1. The maximum atomic E-state index is 3.73. The first kappa shape index (κ1) is 18.2. The van der Waals surface area contributed by atoms with Gasteiger partial charge in [-0.1, -0.05) is 76.2 Å². The van der Waals surface area contributed by atoms with Gasteiger partial charge in [0.1, 0.15) is 0 Å². The van der Waals surface area contributed by atoms with Gasteiger partial charge in [-0.05, 0) is 34.1 Å². The molecular formula is C23H32N2. The lowest BCUT2D eigenvalue weighted by Crippen LogP contribution is -2.45. The lowest BCUT2D eigenvalue weighted by atomic mass is 9.91. The molecule has 0 aromatic heterocycles. The molecule has 1 fully saturated rings. The van der Waals surface area contributed by atoms with Gasteiger partial charge in [-0.15, -0.1) is 0 Å². The van der Waals surface area contributed by atoms with Crippen molar-refractivity contribution >= 4 is 0 Å². The van der Waals surface area contributed by atoms with Crippen LogP contribution in [-0.2, 0) is 6.54 Å². The molecule has 1 saturated heterocycles. The Hall–Kier alpha value is -1.64. The zero-order chi connectivity index (χ0) is 17.8. The first-order valence-corrected chi connectivity index (χ1v) is 9.68. The molecule has 1 heterocycles. The molecule has 0 aliphatic carbocycles. The van der Waals surface area contributed by atoms with Crippen LogP contribution in [0.15, 0.2) is 48.5 Å². The normalized spacial score (nSPS) is 18.9. The van der Waals surface area contributed by atoms with E-state index in [1.807, 2.05) is 0 Å². The van der Waals surface area contributed by atoms with E-state index < -0.39 is 0 Å². The highest BCUT2D eigenvalue weighted by atomic mass is 15.2. The van der Waals surface area contributed by atoms with Crippen molar-refractivity contribution in [3.8, 4) is 0 Å². The van der Waals surface area contributed by atoms with Crippen LogP contribution in [0.4, 0.5) is 0 Å². The standard InChI is InChI=1S/C23H32N2/c1-17(2)20-11-9-19(10-12-20)15-25-14-13-24-23(16-25)22-8-6-5-7-21(22)18(3)4/h5-12,17-18,23-24H,13-16H2,1-4H3/t23-/m0/s1. The molecule has 134 valence electrons. The lowest BCUT2D eigenvalue weighted by Gasteiger charge is -2.35. The van der Waals surface area contributed by atoms with Crippen molar-refractivity contribution in [2.75, 3.05) is 19.6 Å². The molecule has 1 aliphatic rings. The molecule has 2 aromatic rings. The average Bonchev–Trinajstić information content (AvgIpc) is 2.62. The minimum Gasteiger partial charge on any atom is -0.308 e. The Kier molecular flexibility index (Phi) is 5.93. The molecule has 3 rings (SSSR count). The Labute approximate surface area is 153 Å². The fraction of sp³-hybridized carbons (Fsp3) is 0.478. The maximum Gasteiger partial charge on any atom is 0.0452 e. The van der Waals surface area contributed by atoms with E-state index in [1.54, 1.807) is 0 Å². The largest absolute Gasteiger partial charge is 0.308 e. The molecule has 2 nitrogen and oxygen atoms in total. The van der Waals surface area contributed by atoms with Gasteiger partial charge in [0.15, 0.2) is 0 Å². The van der Waals surface area contributed by atoms with Crippen molar-refractivity contribution in [2.45, 2.75) is 52.1 Å². The third-order valence-electron chi connectivity index (χ3n) is 5.31. The predicted octanol–water partition coefficient (Wildman–Crippen LogP) is 5.08. The molecule has 1 N–H and O–H groups in total. The molecular weight excluding hydrogens is 304 g/mol. The van der Waals surface area contributed by atoms with E-state index in [1.165, 1.54) is 22.3 Å². The Morgan fingerprint density at radius 1 is 0.960 bits per heavy atom. The number of benzene rings is 2. The van der Waals surface area contributed by atoms with Crippen molar-refractivity contribution in [3.05, 3.63) is 70.8 Å². The van der Waals surface area contributed by atoms with Gasteiger partial charge in [-0.25, -0.2) is 0 Å². The molecule has 0 unspecified atom stereocenters. The Morgan fingerprint density at radius 3 is 2.36 bits per heavy atom. The van der Waals surface area contributed by atoms with Crippen molar-refractivity contribution < 1.29 is 0 Å². The van der Waals surface area contributed by atoms with E-state index in [-0.39, 0.29) is 0 Å². The number of piperazine rings is 1. The van der Waals surface area contributed by atoms with E-state index in [0.29, 0.717) is 17.9 Å². The molecule has 0 spiro atoms. The van der Waals surface area contributed by atoms with Crippen LogP contribution in [0.2, 0.25) is 0 Å². The highest BCUT2D eigenvalue weighted by Gasteiger charge is 2.23. The quantitative estimate of drug-likeness (QED) is 0.819. The molecule has 2 heteroatoms. The summed E-state index contributed by atoms with van der Waals surface area (Å²) < 4.78 is 0. The second kappa shape index (κ2) is 8.16. The average molecular weight is 337 g/mol. The van der Waals surface area contributed by atoms with Crippen LogP contribution >= 0.6 is 0 Å². The van der Waals surface area contributed by atoms with Gasteiger partial charge in [-0.2, -0.15) is 0 Å². The summed E-state index contributed by atoms with van der Waals surface area (Å²) in [7, 11) is 0. The van der Waals surface area contributed by atoms with Gasteiger partial charge < -0.3 is 5.32 Å². The van der Waals surface area contributed by atoms with Crippen molar-refractivity contribution in [1.82, 2.24) is 10.2 Å². The first-order valence-electron chi connectivity index (χ1n) is 9.68. The summed E-state index contributed by atoms with van der Waals surface area (Å²) >= 11 is 0. The minimum absolute atomic E-state index is 0.433. The molecule has 0 radical (unpaired) electrons. The number of hydrogen-bond acceptors (Lipinski definition) is 2. The molecule has 1 atom stereocenters. The van der Waals surface area contributed by atoms with Crippen LogP contribution in [0.1, 0.15) is 67.8 Å². The summed E-state index contributed by atoms with van der Waals surface area (Å²) in [5, 5.41) is 3.73. The van der Waals surface area contributed by atoms with Crippen molar-refractivity contribution in [1.29, 1.82) is 0 Å². The highest BCUT2D eigenvalue weighted by Crippen LogP contribution is 2.27. The van der Waals surface area contributed by atoms with Crippen LogP contribution < -0.4 is 5.32 Å². The molecule has 0 bridgehead atoms. The second-order valence-corrected chi connectivity index (χ2v) is 7.92. The van der Waals surface area contributed by atoms with E-state index in [9.17, 15) is 0 Å². The van der Waals surface area contributed by atoms with Crippen LogP contribution in [0, 0.1) is 0 Å². The lowest BCUT2D eigenvalue weighted by molar-refractivity contribution is 0.192. The van der Waals surface area contributed by atoms with Gasteiger partial charge in [0, 0.05) is 32.2 Å². The fourth-order valence-electron chi connectivity index (χ4n) is 3.78. The third kappa shape index (κ3) is 4.50. The van der Waals surface area contributed by atoms with E-state index in [4.69, 9.17) is 0 Å². The number of rotatable bonds is 5. The Bertz CT molecular complexity index is 673. The summed E-state index contributed by atoms with van der Waals surface area (Å²) in [5.74, 6) is 1.17. The summed E-state index contributed by atoms with van der Waals surface area (Å²) in [6, 6.07) is 18.5. The van der Waals surface area contributed by atoms with E-state index in [2.05, 4.69) is 86.4 Å². The topological polar surface area (TPSA) is 15.3 Å². The summed E-state index contributed by atoms with van der Waals surface area (Å²) in [6.07, 6.45) is 0. The zero-order valence-electron chi connectivity index (χ0n) is 16.1. The highest BCUT2D eigenvalue weighted by molar-refractivity contribution is 5.33. The predicted molar refractivity (Wildman–Crippen MR) is 107 cm³/mol. The third-order valence-corrected chi connectivity index (χ3v) is 5.31. The van der Waals surface area contributed by atoms with Crippen molar-refractivity contribution in [2.24, 2.45) is 0 Å². The van der Waals surface area contributed by atoms with Crippen LogP contribution in [0.25, 0.3) is 0 Å². The van der Waals surface area contributed by atoms with Gasteiger partial charge in [-0.3, -0.25) is 4.90 Å². The van der Waals surface area contributed by atoms with Crippen molar-refractivity contribution in [3.63, 3.8) is 0 Å². The molecule has 25 heavy (non-hydrogen) atoms. The summed E-state index contributed by atoms with van der Waals surface area (Å²) in [6.45, 7) is 13.4. The summed E-state index contributed by atoms with van der Waals surface area (Å²) in [5.41, 5.74) is 5.79.